The predicted molar refractivity (Wildman–Crippen MR) is 110 cm³/mol. The van der Waals surface area contributed by atoms with E-state index in [2.05, 4.69) is 14.5 Å². The molecule has 2 aliphatic rings. The summed E-state index contributed by atoms with van der Waals surface area (Å²) in [5, 5.41) is 0. The lowest BCUT2D eigenvalue weighted by molar-refractivity contribution is 0.248. The lowest BCUT2D eigenvalue weighted by atomic mass is 10.1. The zero-order chi connectivity index (χ0) is 19.0. The second-order valence-corrected chi connectivity index (χ2v) is 9.34. The molecule has 5 nitrogen and oxygen atoms in total. The van der Waals surface area contributed by atoms with Gasteiger partial charge in [-0.25, -0.2) is 8.42 Å². The molecule has 1 heterocycles. The van der Waals surface area contributed by atoms with Gasteiger partial charge in [-0.1, -0.05) is 6.07 Å². The first-order valence-electron chi connectivity index (χ1n) is 9.61. The van der Waals surface area contributed by atoms with Crippen molar-refractivity contribution in [1.82, 2.24) is 4.90 Å². The Bertz CT molecular complexity index is 913. The fraction of sp³-hybridized carbons (Fsp3) is 0.429. The van der Waals surface area contributed by atoms with Crippen molar-refractivity contribution in [2.45, 2.75) is 37.6 Å². The van der Waals surface area contributed by atoms with Gasteiger partial charge < -0.3 is 4.90 Å². The highest BCUT2D eigenvalue weighted by molar-refractivity contribution is 7.92. The first kappa shape index (κ1) is 18.3. The molecule has 0 atom stereocenters. The maximum Gasteiger partial charge on any atom is 0.261 e. The van der Waals surface area contributed by atoms with Crippen molar-refractivity contribution in [2.75, 3.05) is 35.8 Å². The maximum absolute atomic E-state index is 12.6. The highest BCUT2D eigenvalue weighted by atomic mass is 32.2. The van der Waals surface area contributed by atoms with Crippen LogP contribution >= 0.6 is 0 Å². The van der Waals surface area contributed by atoms with E-state index >= 15 is 0 Å². The molecule has 1 N–H and O–H groups in total. The highest BCUT2D eigenvalue weighted by Crippen LogP contribution is 2.29. The van der Waals surface area contributed by atoms with E-state index in [4.69, 9.17) is 0 Å². The van der Waals surface area contributed by atoms with Gasteiger partial charge in [0.15, 0.2) is 0 Å². The zero-order valence-electron chi connectivity index (χ0n) is 16.0. The van der Waals surface area contributed by atoms with E-state index in [1.807, 2.05) is 44.2 Å². The van der Waals surface area contributed by atoms with Crippen LogP contribution in [0.2, 0.25) is 0 Å². The topological polar surface area (TPSA) is 52.7 Å². The van der Waals surface area contributed by atoms with Gasteiger partial charge in [0.25, 0.3) is 10.0 Å². The van der Waals surface area contributed by atoms with Crippen LogP contribution in [0.5, 0.6) is 0 Å². The number of hydrogen-bond donors (Lipinski definition) is 1. The molecule has 0 unspecified atom stereocenters. The molecule has 0 bridgehead atoms. The van der Waals surface area contributed by atoms with Crippen LogP contribution < -0.4 is 9.62 Å². The van der Waals surface area contributed by atoms with E-state index in [0.29, 0.717) is 10.6 Å². The Hall–Kier alpha value is -2.05. The summed E-state index contributed by atoms with van der Waals surface area (Å²) in [7, 11) is -3.57. The summed E-state index contributed by atoms with van der Waals surface area (Å²) >= 11 is 0. The number of sulfonamides is 1. The molecule has 2 aromatic rings. The Morgan fingerprint density at radius 2 is 1.56 bits per heavy atom. The number of anilines is 2. The van der Waals surface area contributed by atoms with Gasteiger partial charge in [0, 0.05) is 43.6 Å². The van der Waals surface area contributed by atoms with Crippen LogP contribution in [-0.2, 0) is 10.0 Å². The minimum Gasteiger partial charge on any atom is -0.369 e. The van der Waals surface area contributed by atoms with E-state index in [1.54, 1.807) is 12.1 Å². The Kier molecular flexibility index (Phi) is 4.86. The number of rotatable bonds is 5. The fourth-order valence-electron chi connectivity index (χ4n) is 3.62. The molecule has 1 aliphatic carbocycles. The minimum absolute atomic E-state index is 0.297. The Balaban J connectivity index is 1.42. The second kappa shape index (κ2) is 7.17. The second-order valence-electron chi connectivity index (χ2n) is 7.65. The van der Waals surface area contributed by atoms with Gasteiger partial charge >= 0.3 is 0 Å². The van der Waals surface area contributed by atoms with Crippen molar-refractivity contribution in [3.63, 3.8) is 0 Å². The van der Waals surface area contributed by atoms with Crippen molar-refractivity contribution < 1.29 is 8.42 Å². The van der Waals surface area contributed by atoms with E-state index in [1.165, 1.54) is 12.8 Å². The van der Waals surface area contributed by atoms with Crippen LogP contribution in [0.3, 0.4) is 0 Å². The average Bonchev–Trinajstić information content (AvgIpc) is 3.50. The largest absolute Gasteiger partial charge is 0.369 e. The Labute approximate surface area is 162 Å². The molecule has 4 rings (SSSR count). The first-order valence-corrected chi connectivity index (χ1v) is 11.1. The van der Waals surface area contributed by atoms with Crippen molar-refractivity contribution in [2.24, 2.45) is 0 Å². The summed E-state index contributed by atoms with van der Waals surface area (Å²) in [6.07, 6.45) is 2.71. The van der Waals surface area contributed by atoms with Crippen LogP contribution in [0.4, 0.5) is 11.4 Å². The van der Waals surface area contributed by atoms with Gasteiger partial charge in [-0.2, -0.15) is 0 Å². The van der Waals surface area contributed by atoms with Gasteiger partial charge in [0.05, 0.1) is 4.90 Å². The van der Waals surface area contributed by atoms with E-state index in [9.17, 15) is 8.42 Å². The summed E-state index contributed by atoms with van der Waals surface area (Å²) in [5.74, 6) is 0. The zero-order valence-corrected chi connectivity index (χ0v) is 16.8. The van der Waals surface area contributed by atoms with Crippen LogP contribution in [0.15, 0.2) is 47.4 Å². The molecule has 2 fully saturated rings. The summed E-state index contributed by atoms with van der Waals surface area (Å²) in [6, 6.07) is 13.7. The van der Waals surface area contributed by atoms with Gasteiger partial charge in [-0.15, -0.1) is 0 Å². The first-order chi connectivity index (χ1) is 12.9. The molecule has 0 aromatic heterocycles. The predicted octanol–water partition coefficient (Wildman–Crippen LogP) is 3.39. The number of nitrogens with zero attached hydrogens (tertiary/aromatic N) is 2. The monoisotopic (exact) mass is 385 g/mol. The maximum atomic E-state index is 12.6. The van der Waals surface area contributed by atoms with E-state index in [0.717, 1.165) is 49.0 Å². The molecule has 2 aromatic carbocycles. The standard InChI is InChI=1S/C21H27N3O2S/c1-16-3-10-21(15-17(16)2)27(25,26)22-18-4-6-19(7-5-18)23-11-13-24(14-12-23)20-8-9-20/h3-7,10,15,20,22H,8-9,11-14H2,1-2H3. The fourth-order valence-corrected chi connectivity index (χ4v) is 4.76. The Morgan fingerprint density at radius 1 is 0.889 bits per heavy atom. The van der Waals surface area contributed by atoms with Crippen LogP contribution in [0.25, 0.3) is 0 Å². The molecule has 6 heteroatoms. The smallest absolute Gasteiger partial charge is 0.261 e. The SMILES string of the molecule is Cc1ccc(S(=O)(=O)Nc2ccc(N3CCN(C4CC4)CC3)cc2)cc1C. The minimum atomic E-state index is -3.57. The molecule has 0 radical (unpaired) electrons. The molecule has 27 heavy (non-hydrogen) atoms. The Morgan fingerprint density at radius 3 is 2.15 bits per heavy atom. The molecule has 0 amide bonds. The summed E-state index contributed by atoms with van der Waals surface area (Å²) < 4.78 is 27.9. The van der Waals surface area contributed by atoms with E-state index < -0.39 is 10.0 Å². The molecule has 1 saturated heterocycles. The van der Waals surface area contributed by atoms with Crippen molar-refractivity contribution in [3.05, 3.63) is 53.6 Å². The van der Waals surface area contributed by atoms with Gasteiger partial charge in [0.1, 0.15) is 0 Å². The third-order valence-electron chi connectivity index (χ3n) is 5.65. The molecule has 0 spiro atoms. The molecule has 1 aliphatic heterocycles. The van der Waals surface area contributed by atoms with Gasteiger partial charge in [-0.3, -0.25) is 9.62 Å². The van der Waals surface area contributed by atoms with Crippen LogP contribution in [-0.4, -0.2) is 45.5 Å². The summed E-state index contributed by atoms with van der Waals surface area (Å²) in [4.78, 5) is 5.26. The number of piperazine rings is 1. The quantitative estimate of drug-likeness (QED) is 0.857. The number of nitrogens with one attached hydrogen (secondary N) is 1. The van der Waals surface area contributed by atoms with Gasteiger partial charge in [-0.05, 0) is 74.2 Å². The molecule has 1 saturated carbocycles. The van der Waals surface area contributed by atoms with Crippen molar-refractivity contribution in [1.29, 1.82) is 0 Å². The normalized spacial score (nSPS) is 18.5. The third kappa shape index (κ3) is 4.12. The number of benzene rings is 2. The van der Waals surface area contributed by atoms with Gasteiger partial charge in [0.2, 0.25) is 0 Å². The van der Waals surface area contributed by atoms with Crippen molar-refractivity contribution >= 4 is 21.4 Å². The lowest BCUT2D eigenvalue weighted by Gasteiger charge is -2.36. The van der Waals surface area contributed by atoms with Crippen LogP contribution in [0.1, 0.15) is 24.0 Å². The summed E-state index contributed by atoms with van der Waals surface area (Å²) in [6.45, 7) is 8.19. The number of aryl methyl sites for hydroxylation is 2. The molecule has 144 valence electrons. The third-order valence-corrected chi connectivity index (χ3v) is 7.03. The van der Waals surface area contributed by atoms with Crippen LogP contribution in [0, 0.1) is 13.8 Å². The number of hydrogen-bond acceptors (Lipinski definition) is 4. The van der Waals surface area contributed by atoms with Crippen molar-refractivity contribution in [3.8, 4) is 0 Å². The molecular formula is C21H27N3O2S. The van der Waals surface area contributed by atoms with E-state index in [-0.39, 0.29) is 0 Å². The average molecular weight is 386 g/mol. The highest BCUT2D eigenvalue weighted by Gasteiger charge is 2.31. The summed E-state index contributed by atoms with van der Waals surface area (Å²) in [5.41, 5.74) is 3.80. The molecular weight excluding hydrogens is 358 g/mol. The lowest BCUT2D eigenvalue weighted by Crippen LogP contribution is -2.47.